The van der Waals surface area contributed by atoms with E-state index in [0.717, 1.165) is 10.4 Å². The van der Waals surface area contributed by atoms with Gasteiger partial charge in [-0.1, -0.05) is 59.1 Å². The van der Waals surface area contributed by atoms with E-state index in [1.54, 1.807) is 41.3 Å². The Morgan fingerprint density at radius 3 is 2.36 bits per heavy atom. The summed E-state index contributed by atoms with van der Waals surface area (Å²) in [5.41, 5.74) is 8.41. The first-order chi connectivity index (χ1) is 15.9. The van der Waals surface area contributed by atoms with Crippen LogP contribution in [0.1, 0.15) is 17.0 Å². The molecule has 5 rings (SSSR count). The Balaban J connectivity index is 1.93. The first-order valence-electron chi connectivity index (χ1n) is 9.87. The number of rotatable bonds is 2. The summed E-state index contributed by atoms with van der Waals surface area (Å²) in [4.78, 5) is 15.6. The van der Waals surface area contributed by atoms with Crippen LogP contribution >= 0.6 is 46.1 Å². The van der Waals surface area contributed by atoms with Crippen molar-refractivity contribution in [1.82, 2.24) is 0 Å². The van der Waals surface area contributed by atoms with Crippen molar-refractivity contribution in [2.75, 3.05) is 4.90 Å². The minimum absolute atomic E-state index is 0.201. The topological polar surface area (TPSA) is 70.1 Å². The zero-order chi connectivity index (χ0) is 23.3. The van der Waals surface area contributed by atoms with Crippen LogP contribution in [-0.2, 0) is 0 Å². The molecule has 1 aromatic heterocycles. The maximum atomic E-state index is 13.9. The molecule has 162 valence electrons. The predicted molar refractivity (Wildman–Crippen MR) is 137 cm³/mol. The van der Waals surface area contributed by atoms with Crippen molar-refractivity contribution in [2.45, 2.75) is 5.92 Å². The molecule has 1 unspecified atom stereocenters. The largest absolute Gasteiger partial charge is 0.384 e. The fraction of sp³-hybridized carbons (Fsp3) is 0.0400. The lowest BCUT2D eigenvalue weighted by Crippen LogP contribution is -2.34. The molecule has 0 bridgehead atoms. The minimum Gasteiger partial charge on any atom is -0.384 e. The second-order valence-electron chi connectivity index (χ2n) is 7.47. The summed E-state index contributed by atoms with van der Waals surface area (Å²) < 4.78 is 0.723. The molecule has 4 nitrogen and oxygen atoms in total. The third-order valence-corrected chi connectivity index (χ3v) is 7.53. The molecule has 8 heteroatoms. The summed E-state index contributed by atoms with van der Waals surface area (Å²) >= 11 is 20.3. The van der Waals surface area contributed by atoms with Gasteiger partial charge in [-0.25, -0.2) is 0 Å². The van der Waals surface area contributed by atoms with E-state index in [4.69, 9.17) is 40.5 Å². The number of fused-ring (bicyclic) bond motifs is 2. The Morgan fingerprint density at radius 1 is 0.970 bits per heavy atom. The highest BCUT2D eigenvalue weighted by molar-refractivity contribution is 7.22. The predicted octanol–water partition coefficient (Wildman–Crippen LogP) is 7.20. The number of anilines is 2. The van der Waals surface area contributed by atoms with Crippen molar-refractivity contribution < 1.29 is 0 Å². The summed E-state index contributed by atoms with van der Waals surface area (Å²) in [5, 5.41) is 12.6. The van der Waals surface area contributed by atoms with Gasteiger partial charge in [-0.15, -0.1) is 11.3 Å². The first kappa shape index (κ1) is 21.8. The Labute approximate surface area is 208 Å². The highest BCUT2D eigenvalue weighted by atomic mass is 35.5. The van der Waals surface area contributed by atoms with Crippen molar-refractivity contribution in [1.29, 1.82) is 5.26 Å². The molecule has 1 aliphatic heterocycles. The average molecular weight is 511 g/mol. The van der Waals surface area contributed by atoms with Gasteiger partial charge in [0.25, 0.3) is 0 Å². The third-order valence-electron chi connectivity index (χ3n) is 5.58. The zero-order valence-electron chi connectivity index (χ0n) is 16.9. The van der Waals surface area contributed by atoms with Gasteiger partial charge in [0.15, 0.2) is 5.43 Å². The molecule has 0 spiro atoms. The number of nitriles is 1. The number of benzene rings is 3. The number of allylic oxidation sites excluding steroid dienone is 1. The van der Waals surface area contributed by atoms with Gasteiger partial charge >= 0.3 is 0 Å². The van der Waals surface area contributed by atoms with E-state index in [2.05, 4.69) is 6.07 Å². The lowest BCUT2D eigenvalue weighted by Gasteiger charge is -2.35. The highest BCUT2D eigenvalue weighted by Gasteiger charge is 2.38. The molecule has 1 aliphatic rings. The molecular weight excluding hydrogens is 497 g/mol. The van der Waals surface area contributed by atoms with Crippen LogP contribution in [0.5, 0.6) is 0 Å². The van der Waals surface area contributed by atoms with Gasteiger partial charge in [0.05, 0.1) is 17.6 Å². The van der Waals surface area contributed by atoms with Crippen molar-refractivity contribution in [3.63, 3.8) is 0 Å². The first-order valence-corrected chi connectivity index (χ1v) is 11.8. The average Bonchev–Trinajstić information content (AvgIpc) is 2.79. The van der Waals surface area contributed by atoms with Gasteiger partial charge < -0.3 is 5.73 Å². The highest BCUT2D eigenvalue weighted by Crippen LogP contribution is 2.49. The zero-order valence-corrected chi connectivity index (χ0v) is 19.9. The van der Waals surface area contributed by atoms with Crippen LogP contribution in [0.15, 0.2) is 82.9 Å². The molecule has 2 N–H and O–H groups in total. The summed E-state index contributed by atoms with van der Waals surface area (Å²) in [6.07, 6.45) is 0. The van der Waals surface area contributed by atoms with Gasteiger partial charge in [0, 0.05) is 36.4 Å². The molecule has 4 aromatic rings. The molecule has 2 heterocycles. The summed E-state index contributed by atoms with van der Waals surface area (Å²) in [6.45, 7) is 0. The van der Waals surface area contributed by atoms with Crippen molar-refractivity contribution in [2.24, 2.45) is 5.73 Å². The lowest BCUT2D eigenvalue weighted by atomic mass is 9.83. The van der Waals surface area contributed by atoms with Gasteiger partial charge in [0.2, 0.25) is 0 Å². The molecule has 0 fully saturated rings. The van der Waals surface area contributed by atoms with E-state index in [-0.39, 0.29) is 16.8 Å². The van der Waals surface area contributed by atoms with E-state index < -0.39 is 5.92 Å². The Morgan fingerprint density at radius 2 is 1.67 bits per heavy atom. The van der Waals surface area contributed by atoms with Gasteiger partial charge in [0.1, 0.15) is 10.8 Å². The Kier molecular flexibility index (Phi) is 5.55. The summed E-state index contributed by atoms with van der Waals surface area (Å²) in [5.74, 6) is -0.497. The monoisotopic (exact) mass is 509 g/mol. The van der Waals surface area contributed by atoms with E-state index in [0.29, 0.717) is 36.6 Å². The molecule has 0 amide bonds. The van der Waals surface area contributed by atoms with E-state index in [9.17, 15) is 10.1 Å². The lowest BCUT2D eigenvalue weighted by molar-refractivity contribution is 0.895. The van der Waals surface area contributed by atoms with Crippen LogP contribution in [0.25, 0.3) is 10.1 Å². The number of nitrogens with zero attached hydrogens (tertiary/aromatic N) is 2. The summed E-state index contributed by atoms with van der Waals surface area (Å²) in [7, 11) is 0. The van der Waals surface area contributed by atoms with Crippen LogP contribution < -0.4 is 16.1 Å². The Hall–Kier alpha value is -3.01. The van der Waals surface area contributed by atoms with E-state index in [1.807, 2.05) is 30.3 Å². The molecule has 0 radical (unpaired) electrons. The second kappa shape index (κ2) is 8.40. The standard InChI is InChI=1S/C25H14Cl3N3OS/c26-13-6-8-16(19(28)10-13)21-18(12-29)24(30)31(15-4-2-1-3-5-15)25-22(21)23(32)17-9-7-14(27)11-20(17)33-25/h1-11,21H,30H2. The van der Waals surface area contributed by atoms with Crippen LogP contribution in [0.2, 0.25) is 15.1 Å². The number of para-hydroxylation sites is 1. The number of nitrogens with two attached hydrogens (primary N) is 1. The fourth-order valence-electron chi connectivity index (χ4n) is 4.11. The van der Waals surface area contributed by atoms with Crippen LogP contribution in [0, 0.1) is 11.3 Å². The van der Waals surface area contributed by atoms with Crippen molar-refractivity contribution in [3.05, 3.63) is 115 Å². The fourth-order valence-corrected chi connectivity index (χ4v) is 6.15. The normalized spacial score (nSPS) is 15.5. The van der Waals surface area contributed by atoms with Crippen molar-refractivity contribution in [3.8, 4) is 6.07 Å². The number of halogens is 3. The molecular formula is C25H14Cl3N3OS. The van der Waals surface area contributed by atoms with E-state index in [1.165, 1.54) is 11.3 Å². The second-order valence-corrected chi connectivity index (χ2v) is 9.78. The van der Waals surface area contributed by atoms with Crippen LogP contribution in [0.3, 0.4) is 0 Å². The molecule has 0 saturated carbocycles. The number of hydrogen-bond acceptors (Lipinski definition) is 5. The van der Waals surface area contributed by atoms with Gasteiger partial charge in [-0.3, -0.25) is 9.69 Å². The SMILES string of the molecule is N#CC1=C(N)N(c2ccccc2)c2sc3cc(Cl)ccc3c(=O)c2C1c1ccc(Cl)cc1Cl. The van der Waals surface area contributed by atoms with Gasteiger partial charge in [-0.05, 0) is 48.0 Å². The summed E-state index contributed by atoms with van der Waals surface area (Å²) in [6, 6.07) is 21.8. The number of hydrogen-bond donors (Lipinski definition) is 1. The quantitative estimate of drug-likeness (QED) is 0.309. The molecule has 0 saturated heterocycles. The molecule has 0 aliphatic carbocycles. The van der Waals surface area contributed by atoms with E-state index >= 15 is 0 Å². The minimum atomic E-state index is -0.737. The molecule has 3 aromatic carbocycles. The van der Waals surface area contributed by atoms with Crippen LogP contribution in [0.4, 0.5) is 10.7 Å². The molecule has 33 heavy (non-hydrogen) atoms. The van der Waals surface area contributed by atoms with Gasteiger partial charge in [-0.2, -0.15) is 5.26 Å². The molecule has 1 atom stereocenters. The Bertz CT molecular complexity index is 1560. The van der Waals surface area contributed by atoms with Crippen LogP contribution in [-0.4, -0.2) is 0 Å². The maximum Gasteiger partial charge on any atom is 0.194 e. The maximum absolute atomic E-state index is 13.9. The van der Waals surface area contributed by atoms with Crippen molar-refractivity contribution >= 4 is 66.9 Å². The third kappa shape index (κ3) is 3.56. The smallest absolute Gasteiger partial charge is 0.194 e.